The van der Waals surface area contributed by atoms with Crippen molar-refractivity contribution in [1.29, 1.82) is 0 Å². The molecule has 0 amide bonds. The van der Waals surface area contributed by atoms with Gasteiger partial charge in [0.15, 0.2) is 0 Å². The number of carboxylic acid groups (broad SMARTS) is 1. The maximum Gasteiger partial charge on any atom is 0.324 e. The van der Waals surface area contributed by atoms with E-state index in [2.05, 4.69) is 24.1 Å². The Morgan fingerprint density at radius 3 is 2.26 bits per heavy atom. The van der Waals surface area contributed by atoms with Gasteiger partial charge >= 0.3 is 5.97 Å². The number of hydrogen-bond acceptors (Lipinski definition) is 3. The minimum absolute atomic E-state index is 0.412. The van der Waals surface area contributed by atoms with Crippen molar-refractivity contribution in [3.05, 3.63) is 0 Å². The SMILES string of the molecule is CC(C)N1CCC(NC2CCCCC2)(C(=O)O)CC1. The molecule has 1 aliphatic carbocycles. The minimum atomic E-state index is -0.673. The number of aliphatic carboxylic acids is 1. The van der Waals surface area contributed by atoms with Gasteiger partial charge in [-0.05, 0) is 39.5 Å². The highest BCUT2D eigenvalue weighted by atomic mass is 16.4. The van der Waals surface area contributed by atoms with E-state index in [0.29, 0.717) is 12.1 Å². The number of nitrogens with one attached hydrogen (secondary N) is 1. The van der Waals surface area contributed by atoms with Crippen molar-refractivity contribution in [3.8, 4) is 0 Å². The Balaban J connectivity index is 1.97. The van der Waals surface area contributed by atoms with Crippen molar-refractivity contribution in [3.63, 3.8) is 0 Å². The van der Waals surface area contributed by atoms with E-state index in [-0.39, 0.29) is 0 Å². The van der Waals surface area contributed by atoms with E-state index in [9.17, 15) is 9.90 Å². The van der Waals surface area contributed by atoms with E-state index in [1.165, 1.54) is 19.3 Å². The Kier molecular flexibility index (Phi) is 4.85. The van der Waals surface area contributed by atoms with Gasteiger partial charge in [-0.2, -0.15) is 0 Å². The Labute approximate surface area is 116 Å². The Bertz CT molecular complexity index is 303. The predicted octanol–water partition coefficient (Wildman–Crippen LogP) is 2.24. The van der Waals surface area contributed by atoms with Gasteiger partial charge in [-0.15, -0.1) is 0 Å². The van der Waals surface area contributed by atoms with Crippen LogP contribution in [0.2, 0.25) is 0 Å². The van der Waals surface area contributed by atoms with Crippen molar-refractivity contribution in [2.75, 3.05) is 13.1 Å². The van der Waals surface area contributed by atoms with Gasteiger partial charge in [-0.3, -0.25) is 10.1 Å². The smallest absolute Gasteiger partial charge is 0.324 e. The molecule has 4 nitrogen and oxygen atoms in total. The average molecular weight is 268 g/mol. The highest BCUT2D eigenvalue weighted by Gasteiger charge is 2.43. The summed E-state index contributed by atoms with van der Waals surface area (Å²) in [5.74, 6) is -0.651. The highest BCUT2D eigenvalue weighted by molar-refractivity contribution is 5.79. The second-order valence-corrected chi connectivity index (χ2v) is 6.50. The molecular formula is C15H28N2O2. The summed E-state index contributed by atoms with van der Waals surface area (Å²) < 4.78 is 0. The zero-order valence-electron chi connectivity index (χ0n) is 12.3. The fourth-order valence-corrected chi connectivity index (χ4v) is 3.48. The number of piperidine rings is 1. The van der Waals surface area contributed by atoms with Crippen LogP contribution in [0.5, 0.6) is 0 Å². The standard InChI is InChI=1S/C15H28N2O2/c1-12(2)17-10-8-15(9-11-17,14(18)19)16-13-6-4-3-5-7-13/h12-13,16H,3-11H2,1-2H3,(H,18,19). The summed E-state index contributed by atoms with van der Waals surface area (Å²) >= 11 is 0. The summed E-state index contributed by atoms with van der Waals surface area (Å²) in [6.45, 7) is 6.15. The Morgan fingerprint density at radius 1 is 1.21 bits per heavy atom. The molecular weight excluding hydrogens is 240 g/mol. The summed E-state index contributed by atoms with van der Waals surface area (Å²) in [5, 5.41) is 13.2. The predicted molar refractivity (Wildman–Crippen MR) is 76.3 cm³/mol. The number of hydrogen-bond donors (Lipinski definition) is 2. The van der Waals surface area contributed by atoms with Crippen LogP contribution in [0.15, 0.2) is 0 Å². The van der Waals surface area contributed by atoms with E-state index in [4.69, 9.17) is 0 Å². The molecule has 0 aromatic heterocycles. The van der Waals surface area contributed by atoms with Crippen LogP contribution in [0.3, 0.4) is 0 Å². The fourth-order valence-electron chi connectivity index (χ4n) is 3.48. The quantitative estimate of drug-likeness (QED) is 0.821. The molecule has 1 saturated carbocycles. The lowest BCUT2D eigenvalue weighted by molar-refractivity contribution is -0.148. The van der Waals surface area contributed by atoms with E-state index >= 15 is 0 Å². The Morgan fingerprint density at radius 2 is 1.79 bits per heavy atom. The fraction of sp³-hybridized carbons (Fsp3) is 0.933. The molecule has 2 N–H and O–H groups in total. The summed E-state index contributed by atoms with van der Waals surface area (Å²) in [6.07, 6.45) is 7.54. The molecule has 0 aromatic carbocycles. The molecule has 0 spiro atoms. The van der Waals surface area contributed by atoms with Crippen molar-refractivity contribution in [2.24, 2.45) is 0 Å². The van der Waals surface area contributed by atoms with Crippen LogP contribution in [0.1, 0.15) is 58.8 Å². The summed E-state index contributed by atoms with van der Waals surface area (Å²) in [4.78, 5) is 14.1. The third-order valence-electron chi connectivity index (χ3n) is 4.88. The average Bonchev–Trinajstić information content (AvgIpc) is 2.40. The molecule has 1 saturated heterocycles. The van der Waals surface area contributed by atoms with Crippen LogP contribution in [0.25, 0.3) is 0 Å². The maximum atomic E-state index is 11.7. The van der Waals surface area contributed by atoms with Crippen molar-refractivity contribution in [1.82, 2.24) is 10.2 Å². The van der Waals surface area contributed by atoms with Gasteiger partial charge in [0.25, 0.3) is 0 Å². The van der Waals surface area contributed by atoms with Crippen LogP contribution in [0, 0.1) is 0 Å². The van der Waals surface area contributed by atoms with Gasteiger partial charge in [0.05, 0.1) is 0 Å². The largest absolute Gasteiger partial charge is 0.480 e. The molecule has 0 bridgehead atoms. The Hall–Kier alpha value is -0.610. The first-order valence-electron chi connectivity index (χ1n) is 7.79. The molecule has 2 aliphatic rings. The number of carboxylic acids is 1. The normalized spacial score (nSPS) is 25.6. The van der Waals surface area contributed by atoms with Crippen molar-refractivity contribution in [2.45, 2.75) is 76.4 Å². The molecule has 0 unspecified atom stereocenters. The van der Waals surface area contributed by atoms with Gasteiger partial charge in [0.2, 0.25) is 0 Å². The molecule has 0 radical (unpaired) electrons. The lowest BCUT2D eigenvalue weighted by Crippen LogP contribution is -2.61. The number of nitrogens with zero attached hydrogens (tertiary/aromatic N) is 1. The van der Waals surface area contributed by atoms with Gasteiger partial charge in [0.1, 0.15) is 5.54 Å². The molecule has 1 aliphatic heterocycles. The second kappa shape index (κ2) is 6.23. The van der Waals surface area contributed by atoms with E-state index in [1.807, 2.05) is 0 Å². The molecule has 4 heteroatoms. The lowest BCUT2D eigenvalue weighted by atomic mass is 9.84. The number of carbonyl (C=O) groups is 1. The summed E-state index contributed by atoms with van der Waals surface area (Å²) in [5.41, 5.74) is -0.673. The highest BCUT2D eigenvalue weighted by Crippen LogP contribution is 2.27. The van der Waals surface area contributed by atoms with Crippen LogP contribution >= 0.6 is 0 Å². The third-order valence-corrected chi connectivity index (χ3v) is 4.88. The first-order valence-corrected chi connectivity index (χ1v) is 7.79. The topological polar surface area (TPSA) is 52.6 Å². The molecule has 0 aromatic rings. The lowest BCUT2D eigenvalue weighted by Gasteiger charge is -2.43. The van der Waals surface area contributed by atoms with E-state index in [0.717, 1.165) is 38.8 Å². The molecule has 1 heterocycles. The van der Waals surface area contributed by atoms with Crippen LogP contribution in [-0.2, 0) is 4.79 Å². The monoisotopic (exact) mass is 268 g/mol. The summed E-state index contributed by atoms with van der Waals surface area (Å²) in [7, 11) is 0. The van der Waals surface area contributed by atoms with E-state index < -0.39 is 11.5 Å². The molecule has 110 valence electrons. The first-order chi connectivity index (χ1) is 9.03. The second-order valence-electron chi connectivity index (χ2n) is 6.50. The van der Waals surface area contributed by atoms with Gasteiger partial charge in [-0.25, -0.2) is 0 Å². The van der Waals surface area contributed by atoms with Crippen molar-refractivity contribution >= 4 is 5.97 Å². The molecule has 0 atom stereocenters. The van der Waals surface area contributed by atoms with E-state index in [1.54, 1.807) is 0 Å². The van der Waals surface area contributed by atoms with Crippen LogP contribution < -0.4 is 5.32 Å². The van der Waals surface area contributed by atoms with Crippen LogP contribution in [0.4, 0.5) is 0 Å². The molecule has 2 rings (SSSR count). The van der Waals surface area contributed by atoms with Gasteiger partial charge < -0.3 is 10.0 Å². The maximum absolute atomic E-state index is 11.7. The number of rotatable bonds is 4. The zero-order chi connectivity index (χ0) is 13.9. The first kappa shape index (κ1) is 14.8. The van der Waals surface area contributed by atoms with Gasteiger partial charge in [0, 0.05) is 25.2 Å². The zero-order valence-corrected chi connectivity index (χ0v) is 12.3. The molecule has 19 heavy (non-hydrogen) atoms. The van der Waals surface area contributed by atoms with Crippen LogP contribution in [-0.4, -0.2) is 46.7 Å². The number of likely N-dealkylation sites (tertiary alicyclic amines) is 1. The third kappa shape index (κ3) is 3.48. The minimum Gasteiger partial charge on any atom is -0.480 e. The summed E-state index contributed by atoms with van der Waals surface area (Å²) in [6, 6.07) is 0.928. The van der Waals surface area contributed by atoms with Crippen molar-refractivity contribution < 1.29 is 9.90 Å². The van der Waals surface area contributed by atoms with Gasteiger partial charge in [-0.1, -0.05) is 19.3 Å². The molecule has 2 fully saturated rings.